The molecule has 0 saturated carbocycles. The number of nitrogens with two attached hydrogens (primary N) is 2. The van der Waals surface area contributed by atoms with Crippen LogP contribution >= 0.6 is 0 Å². The van der Waals surface area contributed by atoms with Gasteiger partial charge in [0.25, 0.3) is 0 Å². The van der Waals surface area contributed by atoms with Gasteiger partial charge in [-0.25, -0.2) is 4.98 Å². The Morgan fingerprint density at radius 3 is 2.59 bits per heavy atom. The first-order valence-corrected chi connectivity index (χ1v) is 9.49. The van der Waals surface area contributed by atoms with Gasteiger partial charge in [0.15, 0.2) is 0 Å². The highest BCUT2D eigenvalue weighted by Crippen LogP contribution is 2.28. The molecular weight excluding hydrogens is 366 g/mol. The fraction of sp³-hybridized carbons (Fsp3) is 0.333. The van der Waals surface area contributed by atoms with Crippen LogP contribution < -0.4 is 16.4 Å². The molecule has 1 aliphatic rings. The summed E-state index contributed by atoms with van der Waals surface area (Å²) >= 11 is 0. The number of hydrogen-bond donors (Lipinski definition) is 2. The molecular formula is C21H27N7O. The molecule has 3 rings (SSSR count). The Balaban J connectivity index is 2.33. The lowest BCUT2D eigenvalue weighted by atomic mass is 10.0. The second-order valence-corrected chi connectivity index (χ2v) is 6.64. The SMILES string of the molecule is CN=C(C=CN)c1cc(N2CCOC[C@H]2C)nc2c(C(C=CN)=NC)nccc12. The Bertz CT molecular complexity index is 994. The van der Waals surface area contributed by atoms with Crippen molar-refractivity contribution in [2.75, 3.05) is 38.8 Å². The van der Waals surface area contributed by atoms with E-state index in [0.717, 1.165) is 34.5 Å². The van der Waals surface area contributed by atoms with Crippen molar-refractivity contribution in [2.24, 2.45) is 21.5 Å². The van der Waals surface area contributed by atoms with Crippen molar-refractivity contribution in [1.82, 2.24) is 9.97 Å². The molecule has 0 aromatic carbocycles. The highest BCUT2D eigenvalue weighted by atomic mass is 16.5. The van der Waals surface area contributed by atoms with E-state index in [2.05, 4.69) is 32.9 Å². The average molecular weight is 393 g/mol. The van der Waals surface area contributed by atoms with E-state index in [4.69, 9.17) is 21.2 Å². The second kappa shape index (κ2) is 9.29. The predicted molar refractivity (Wildman–Crippen MR) is 119 cm³/mol. The molecule has 0 spiro atoms. The van der Waals surface area contributed by atoms with Crippen LogP contribution in [-0.4, -0.2) is 61.3 Å². The number of hydrogen-bond acceptors (Lipinski definition) is 8. The predicted octanol–water partition coefficient (Wildman–Crippen LogP) is 1.64. The van der Waals surface area contributed by atoms with Crippen molar-refractivity contribution in [3.8, 4) is 0 Å². The van der Waals surface area contributed by atoms with Crippen LogP contribution in [0.15, 0.2) is 52.9 Å². The molecule has 8 nitrogen and oxygen atoms in total. The number of aromatic nitrogens is 2. The summed E-state index contributed by atoms with van der Waals surface area (Å²) in [6, 6.07) is 4.19. The molecule has 1 saturated heterocycles. The molecule has 8 heteroatoms. The lowest BCUT2D eigenvalue weighted by Crippen LogP contribution is -2.44. The number of nitrogens with zero attached hydrogens (tertiary/aromatic N) is 5. The summed E-state index contributed by atoms with van der Waals surface area (Å²) in [7, 11) is 3.46. The standard InChI is InChI=1S/C21H27N7O/c1-14-13-29-11-10-28(14)19-12-16(17(24-2)4-7-22)15-6-9-26-21(20(15)27-19)18(25-3)5-8-23/h4-9,12,14H,10-11,13,22-23H2,1-3H3/t14-/m1/s1. The first-order chi connectivity index (χ1) is 14.1. The molecule has 1 atom stereocenters. The minimum absolute atomic E-state index is 0.206. The first-order valence-electron chi connectivity index (χ1n) is 9.49. The second-order valence-electron chi connectivity index (χ2n) is 6.64. The molecule has 0 amide bonds. The van der Waals surface area contributed by atoms with Gasteiger partial charge in [-0.15, -0.1) is 0 Å². The van der Waals surface area contributed by atoms with Gasteiger partial charge in [0.1, 0.15) is 17.0 Å². The van der Waals surface area contributed by atoms with E-state index in [0.29, 0.717) is 24.6 Å². The minimum atomic E-state index is 0.206. The highest BCUT2D eigenvalue weighted by molar-refractivity contribution is 6.20. The van der Waals surface area contributed by atoms with Crippen molar-refractivity contribution in [2.45, 2.75) is 13.0 Å². The van der Waals surface area contributed by atoms with Crippen LogP contribution in [0.3, 0.4) is 0 Å². The van der Waals surface area contributed by atoms with E-state index < -0.39 is 0 Å². The molecule has 2 aromatic heterocycles. The van der Waals surface area contributed by atoms with Gasteiger partial charge in [0.05, 0.1) is 30.7 Å². The zero-order valence-corrected chi connectivity index (χ0v) is 17.0. The van der Waals surface area contributed by atoms with Crippen molar-refractivity contribution in [3.05, 3.63) is 54.1 Å². The van der Waals surface area contributed by atoms with E-state index in [-0.39, 0.29) is 6.04 Å². The number of allylic oxidation sites excluding steroid dienone is 2. The van der Waals surface area contributed by atoms with Crippen LogP contribution in [-0.2, 0) is 4.74 Å². The first kappa shape index (κ1) is 20.5. The molecule has 0 bridgehead atoms. The van der Waals surface area contributed by atoms with Gasteiger partial charge in [-0.2, -0.15) is 0 Å². The van der Waals surface area contributed by atoms with Crippen LogP contribution in [0.5, 0.6) is 0 Å². The molecule has 152 valence electrons. The Hall–Kier alpha value is -3.26. The van der Waals surface area contributed by atoms with Crippen LogP contribution in [0.2, 0.25) is 0 Å². The molecule has 4 N–H and O–H groups in total. The van der Waals surface area contributed by atoms with Crippen molar-refractivity contribution in [1.29, 1.82) is 0 Å². The maximum absolute atomic E-state index is 5.67. The molecule has 1 fully saturated rings. The third kappa shape index (κ3) is 4.12. The number of anilines is 1. The molecule has 2 aromatic rings. The third-order valence-electron chi connectivity index (χ3n) is 4.88. The van der Waals surface area contributed by atoms with E-state index in [1.165, 1.54) is 12.4 Å². The average Bonchev–Trinajstić information content (AvgIpc) is 2.75. The van der Waals surface area contributed by atoms with E-state index in [1.54, 1.807) is 32.4 Å². The van der Waals surface area contributed by atoms with Gasteiger partial charge >= 0.3 is 0 Å². The minimum Gasteiger partial charge on any atom is -0.405 e. The van der Waals surface area contributed by atoms with Crippen molar-refractivity contribution < 1.29 is 4.74 Å². The smallest absolute Gasteiger partial charge is 0.130 e. The summed E-state index contributed by atoms with van der Waals surface area (Å²) in [5, 5.41) is 0.921. The molecule has 3 heterocycles. The van der Waals surface area contributed by atoms with Crippen molar-refractivity contribution in [3.63, 3.8) is 0 Å². The Morgan fingerprint density at radius 2 is 1.93 bits per heavy atom. The lowest BCUT2D eigenvalue weighted by Gasteiger charge is -2.34. The van der Waals surface area contributed by atoms with Gasteiger partial charge in [-0.3, -0.25) is 15.0 Å². The Morgan fingerprint density at radius 1 is 1.21 bits per heavy atom. The Kier molecular flexibility index (Phi) is 6.56. The van der Waals surface area contributed by atoms with Gasteiger partial charge in [-0.1, -0.05) is 0 Å². The number of morpholine rings is 1. The number of fused-ring (bicyclic) bond motifs is 1. The van der Waals surface area contributed by atoms with Crippen LogP contribution in [0.1, 0.15) is 18.2 Å². The molecule has 0 aliphatic carbocycles. The molecule has 0 unspecified atom stereocenters. The van der Waals surface area contributed by atoms with Crippen molar-refractivity contribution >= 4 is 28.1 Å². The summed E-state index contributed by atoms with van der Waals surface area (Å²) in [6.45, 7) is 4.20. The fourth-order valence-corrected chi connectivity index (χ4v) is 3.48. The summed E-state index contributed by atoms with van der Waals surface area (Å²) in [4.78, 5) is 20.5. The lowest BCUT2D eigenvalue weighted by molar-refractivity contribution is 0.0986. The zero-order valence-electron chi connectivity index (χ0n) is 17.0. The summed E-state index contributed by atoms with van der Waals surface area (Å²) in [5.74, 6) is 0.844. The van der Waals surface area contributed by atoms with Crippen LogP contribution in [0.25, 0.3) is 10.9 Å². The normalized spacial score (nSPS) is 19.0. The van der Waals surface area contributed by atoms with Gasteiger partial charge < -0.3 is 21.1 Å². The maximum Gasteiger partial charge on any atom is 0.130 e. The fourth-order valence-electron chi connectivity index (χ4n) is 3.48. The van der Waals surface area contributed by atoms with E-state index in [9.17, 15) is 0 Å². The monoisotopic (exact) mass is 393 g/mol. The number of pyridine rings is 2. The van der Waals surface area contributed by atoms with Crippen LogP contribution in [0, 0.1) is 0 Å². The quantitative estimate of drug-likeness (QED) is 0.746. The molecule has 1 aliphatic heterocycles. The van der Waals surface area contributed by atoms with Gasteiger partial charge in [-0.05, 0) is 43.6 Å². The van der Waals surface area contributed by atoms with Gasteiger partial charge in [0, 0.05) is 37.8 Å². The van der Waals surface area contributed by atoms with E-state index >= 15 is 0 Å². The summed E-state index contributed by atoms with van der Waals surface area (Å²) in [6.07, 6.45) is 8.20. The maximum atomic E-state index is 5.67. The van der Waals surface area contributed by atoms with Crippen LogP contribution in [0.4, 0.5) is 5.82 Å². The number of rotatable bonds is 5. The molecule has 0 radical (unpaired) electrons. The number of ether oxygens (including phenoxy) is 1. The van der Waals surface area contributed by atoms with E-state index in [1.807, 2.05) is 6.07 Å². The zero-order chi connectivity index (χ0) is 20.8. The summed E-state index contributed by atoms with van der Waals surface area (Å²) < 4.78 is 5.59. The summed E-state index contributed by atoms with van der Waals surface area (Å²) in [5.41, 5.74) is 15.1. The molecule has 29 heavy (non-hydrogen) atoms. The topological polar surface area (TPSA) is 115 Å². The largest absolute Gasteiger partial charge is 0.405 e. The highest BCUT2D eigenvalue weighted by Gasteiger charge is 2.23. The Labute approximate surface area is 170 Å². The number of aliphatic imine (C=N–C) groups is 2. The van der Waals surface area contributed by atoms with Gasteiger partial charge in [0.2, 0.25) is 0 Å². The third-order valence-corrected chi connectivity index (χ3v) is 4.88.